The minimum absolute atomic E-state index is 0.0228. The molecule has 1 aromatic carbocycles. The van der Waals surface area contributed by atoms with E-state index in [0.717, 1.165) is 23.3 Å². The Bertz CT molecular complexity index is 565. The minimum Gasteiger partial charge on any atom is -0.497 e. The summed E-state index contributed by atoms with van der Waals surface area (Å²) in [7, 11) is 1.63. The first-order valence-electron chi connectivity index (χ1n) is 8.02. The molecule has 0 aliphatic carbocycles. The molecule has 2 unspecified atom stereocenters. The normalized spacial score (nSPS) is 19.6. The van der Waals surface area contributed by atoms with Gasteiger partial charge in [-0.25, -0.2) is 4.79 Å². The standard InChI is InChI=1S/C18H27NO4/c1-12-10-14(22-5)6-7-15(12)16(20)13-8-9-19(11-13)17(21)23-18(2,3)4/h6-7,10,13,16,20H,8-9,11H2,1-5H3. The molecule has 5 nitrogen and oxygen atoms in total. The molecule has 1 N–H and O–H groups in total. The first-order chi connectivity index (χ1) is 10.7. The Kier molecular flexibility index (Phi) is 5.19. The molecule has 1 heterocycles. The highest BCUT2D eigenvalue weighted by molar-refractivity contribution is 5.68. The van der Waals surface area contributed by atoms with Gasteiger partial charge < -0.3 is 19.5 Å². The third-order valence-corrected chi connectivity index (χ3v) is 4.12. The summed E-state index contributed by atoms with van der Waals surface area (Å²) in [6.45, 7) is 8.66. The second kappa shape index (κ2) is 6.79. The summed E-state index contributed by atoms with van der Waals surface area (Å²) in [6.07, 6.45) is -0.127. The second-order valence-corrected chi connectivity index (χ2v) is 7.14. The van der Waals surface area contributed by atoms with Gasteiger partial charge in [0, 0.05) is 19.0 Å². The number of carbonyl (C=O) groups is 1. The molecular formula is C18H27NO4. The van der Waals surface area contributed by atoms with Gasteiger partial charge in [0.2, 0.25) is 0 Å². The van der Waals surface area contributed by atoms with Gasteiger partial charge in [0.15, 0.2) is 0 Å². The predicted octanol–water partition coefficient (Wildman–Crippen LogP) is 3.29. The molecule has 1 aliphatic heterocycles. The number of aliphatic hydroxyl groups excluding tert-OH is 1. The molecule has 1 aliphatic rings. The Labute approximate surface area is 138 Å². The average molecular weight is 321 g/mol. The maximum absolute atomic E-state index is 12.1. The molecule has 2 rings (SSSR count). The quantitative estimate of drug-likeness (QED) is 0.928. The molecule has 0 radical (unpaired) electrons. The predicted molar refractivity (Wildman–Crippen MR) is 88.6 cm³/mol. The van der Waals surface area contributed by atoms with Crippen LogP contribution < -0.4 is 4.74 Å². The Hall–Kier alpha value is -1.75. The minimum atomic E-state index is -0.589. The monoisotopic (exact) mass is 321 g/mol. The van der Waals surface area contributed by atoms with Gasteiger partial charge in [0.05, 0.1) is 13.2 Å². The van der Waals surface area contributed by atoms with E-state index in [4.69, 9.17) is 9.47 Å². The number of carbonyl (C=O) groups excluding carboxylic acids is 1. The van der Waals surface area contributed by atoms with Crippen molar-refractivity contribution >= 4 is 6.09 Å². The van der Waals surface area contributed by atoms with Gasteiger partial charge in [-0.3, -0.25) is 0 Å². The summed E-state index contributed by atoms with van der Waals surface area (Å²) in [4.78, 5) is 13.8. The second-order valence-electron chi connectivity index (χ2n) is 7.14. The summed E-state index contributed by atoms with van der Waals surface area (Å²) >= 11 is 0. The van der Waals surface area contributed by atoms with Crippen molar-refractivity contribution in [3.8, 4) is 5.75 Å². The van der Waals surface area contributed by atoms with Crippen molar-refractivity contribution in [1.82, 2.24) is 4.90 Å². The Morgan fingerprint density at radius 3 is 2.65 bits per heavy atom. The lowest BCUT2D eigenvalue weighted by atomic mass is 9.92. The zero-order chi connectivity index (χ0) is 17.2. The van der Waals surface area contributed by atoms with E-state index in [2.05, 4.69) is 0 Å². The van der Waals surface area contributed by atoms with E-state index in [1.807, 2.05) is 45.9 Å². The molecule has 0 spiro atoms. The number of aliphatic hydroxyl groups is 1. The molecule has 0 bridgehead atoms. The molecule has 0 aromatic heterocycles. The smallest absolute Gasteiger partial charge is 0.410 e. The number of nitrogens with zero attached hydrogens (tertiary/aromatic N) is 1. The molecule has 23 heavy (non-hydrogen) atoms. The van der Waals surface area contributed by atoms with Gasteiger partial charge in [0.1, 0.15) is 11.4 Å². The fraction of sp³-hybridized carbons (Fsp3) is 0.611. The van der Waals surface area contributed by atoms with Gasteiger partial charge >= 0.3 is 6.09 Å². The van der Waals surface area contributed by atoms with Gasteiger partial charge in [0.25, 0.3) is 0 Å². The summed E-state index contributed by atoms with van der Waals surface area (Å²) in [5, 5.41) is 10.7. The molecule has 2 atom stereocenters. The number of aryl methyl sites for hydroxylation is 1. The van der Waals surface area contributed by atoms with E-state index < -0.39 is 11.7 Å². The van der Waals surface area contributed by atoms with Crippen LogP contribution in [-0.2, 0) is 4.74 Å². The number of benzene rings is 1. The van der Waals surface area contributed by atoms with Crippen LogP contribution in [0.15, 0.2) is 18.2 Å². The van der Waals surface area contributed by atoms with Crippen LogP contribution in [0.25, 0.3) is 0 Å². The van der Waals surface area contributed by atoms with Crippen LogP contribution in [0, 0.1) is 12.8 Å². The van der Waals surface area contributed by atoms with Crippen LogP contribution >= 0.6 is 0 Å². The molecule has 1 aromatic rings. The Balaban J connectivity index is 2.02. The van der Waals surface area contributed by atoms with Gasteiger partial charge in [-0.15, -0.1) is 0 Å². The van der Waals surface area contributed by atoms with E-state index in [1.54, 1.807) is 12.0 Å². The van der Waals surface area contributed by atoms with Gasteiger partial charge in [-0.2, -0.15) is 0 Å². The molecule has 1 amide bonds. The van der Waals surface area contributed by atoms with E-state index in [1.165, 1.54) is 0 Å². The van der Waals surface area contributed by atoms with Crippen molar-refractivity contribution in [2.45, 2.75) is 45.8 Å². The highest BCUT2D eigenvalue weighted by Gasteiger charge is 2.34. The molecular weight excluding hydrogens is 294 g/mol. The van der Waals surface area contributed by atoms with Crippen LogP contribution in [0.1, 0.15) is 44.4 Å². The maximum Gasteiger partial charge on any atom is 0.410 e. The van der Waals surface area contributed by atoms with E-state index in [-0.39, 0.29) is 12.0 Å². The summed E-state index contributed by atoms with van der Waals surface area (Å²) in [6, 6.07) is 5.67. The first-order valence-corrected chi connectivity index (χ1v) is 8.02. The lowest BCUT2D eigenvalue weighted by Gasteiger charge is -2.25. The largest absolute Gasteiger partial charge is 0.497 e. The van der Waals surface area contributed by atoms with Crippen LogP contribution in [0.3, 0.4) is 0 Å². The fourth-order valence-electron chi connectivity index (χ4n) is 2.90. The summed E-state index contributed by atoms with van der Waals surface area (Å²) in [5.41, 5.74) is 1.38. The summed E-state index contributed by atoms with van der Waals surface area (Å²) < 4.78 is 10.6. The molecule has 1 fully saturated rings. The maximum atomic E-state index is 12.1. The van der Waals surface area contributed by atoms with E-state index in [0.29, 0.717) is 13.1 Å². The SMILES string of the molecule is COc1ccc(C(O)C2CCN(C(=O)OC(C)(C)C)C2)c(C)c1. The Morgan fingerprint density at radius 2 is 2.09 bits per heavy atom. The van der Waals surface area contributed by atoms with Crippen LogP contribution in [-0.4, -0.2) is 41.9 Å². The van der Waals surface area contributed by atoms with Crippen molar-refractivity contribution in [2.75, 3.05) is 20.2 Å². The zero-order valence-electron chi connectivity index (χ0n) is 14.6. The fourth-order valence-corrected chi connectivity index (χ4v) is 2.90. The highest BCUT2D eigenvalue weighted by atomic mass is 16.6. The van der Waals surface area contributed by atoms with Crippen molar-refractivity contribution in [3.63, 3.8) is 0 Å². The first kappa shape index (κ1) is 17.6. The van der Waals surface area contributed by atoms with Crippen molar-refractivity contribution in [1.29, 1.82) is 0 Å². The number of rotatable bonds is 3. The van der Waals surface area contributed by atoms with Crippen LogP contribution in [0.4, 0.5) is 4.79 Å². The van der Waals surface area contributed by atoms with Crippen LogP contribution in [0.2, 0.25) is 0 Å². The van der Waals surface area contributed by atoms with Gasteiger partial charge in [-0.1, -0.05) is 6.07 Å². The zero-order valence-corrected chi connectivity index (χ0v) is 14.6. The van der Waals surface area contributed by atoms with E-state index >= 15 is 0 Å². The average Bonchev–Trinajstić information content (AvgIpc) is 2.94. The number of amides is 1. The van der Waals surface area contributed by atoms with E-state index in [9.17, 15) is 9.90 Å². The summed E-state index contributed by atoms with van der Waals surface area (Å²) in [5.74, 6) is 0.801. The van der Waals surface area contributed by atoms with Crippen molar-refractivity contribution in [2.24, 2.45) is 5.92 Å². The lowest BCUT2D eigenvalue weighted by molar-refractivity contribution is 0.0268. The topological polar surface area (TPSA) is 59.0 Å². The lowest BCUT2D eigenvalue weighted by Crippen LogP contribution is -2.35. The molecule has 0 saturated carbocycles. The number of hydrogen-bond acceptors (Lipinski definition) is 4. The third kappa shape index (κ3) is 4.38. The molecule has 128 valence electrons. The van der Waals surface area contributed by atoms with Crippen molar-refractivity contribution < 1.29 is 19.4 Å². The Morgan fingerprint density at radius 1 is 1.39 bits per heavy atom. The third-order valence-electron chi connectivity index (χ3n) is 4.12. The highest BCUT2D eigenvalue weighted by Crippen LogP contribution is 2.33. The number of methoxy groups -OCH3 is 1. The van der Waals surface area contributed by atoms with Crippen molar-refractivity contribution in [3.05, 3.63) is 29.3 Å². The molecule has 1 saturated heterocycles. The van der Waals surface area contributed by atoms with Crippen LogP contribution in [0.5, 0.6) is 5.75 Å². The van der Waals surface area contributed by atoms with Gasteiger partial charge in [-0.05, 0) is 57.4 Å². The molecule has 5 heteroatoms. The number of hydrogen-bond donors (Lipinski definition) is 1. The number of ether oxygens (including phenoxy) is 2. The number of likely N-dealkylation sites (tertiary alicyclic amines) is 1.